The van der Waals surface area contributed by atoms with Crippen LogP contribution in [0.2, 0.25) is 0 Å². The van der Waals surface area contributed by atoms with Crippen molar-refractivity contribution in [1.82, 2.24) is 10.2 Å². The van der Waals surface area contributed by atoms with E-state index < -0.39 is 0 Å². The van der Waals surface area contributed by atoms with Crippen molar-refractivity contribution in [2.45, 2.75) is 31.8 Å². The number of amides is 1. The van der Waals surface area contributed by atoms with E-state index in [1.807, 2.05) is 12.1 Å². The molecule has 3 rings (SSSR count). The van der Waals surface area contributed by atoms with Crippen molar-refractivity contribution in [3.8, 4) is 0 Å². The SMILES string of the molecule is Nc1cccc2c1CN(CC(=O)NC1CCOCC1)CC2. The number of hydrogen-bond acceptors (Lipinski definition) is 4. The number of ether oxygens (including phenoxy) is 1. The summed E-state index contributed by atoms with van der Waals surface area (Å²) in [5, 5.41) is 3.11. The molecule has 0 aliphatic carbocycles. The molecule has 5 heteroatoms. The third-order valence-electron chi connectivity index (χ3n) is 4.34. The van der Waals surface area contributed by atoms with E-state index in [-0.39, 0.29) is 11.9 Å². The Labute approximate surface area is 125 Å². The monoisotopic (exact) mass is 289 g/mol. The fraction of sp³-hybridized carbons (Fsp3) is 0.562. The lowest BCUT2D eigenvalue weighted by molar-refractivity contribution is -0.123. The highest BCUT2D eigenvalue weighted by Gasteiger charge is 2.22. The normalized spacial score (nSPS) is 20.0. The van der Waals surface area contributed by atoms with E-state index in [0.717, 1.165) is 51.3 Å². The molecule has 21 heavy (non-hydrogen) atoms. The minimum Gasteiger partial charge on any atom is -0.398 e. The van der Waals surface area contributed by atoms with Crippen LogP contribution in [-0.2, 0) is 22.5 Å². The molecule has 0 aromatic heterocycles. The summed E-state index contributed by atoms with van der Waals surface area (Å²) in [6.45, 7) is 3.63. The Hall–Kier alpha value is -1.59. The van der Waals surface area contributed by atoms with Crippen molar-refractivity contribution < 1.29 is 9.53 Å². The summed E-state index contributed by atoms with van der Waals surface area (Å²) in [6.07, 6.45) is 2.80. The molecule has 0 atom stereocenters. The van der Waals surface area contributed by atoms with Gasteiger partial charge in [0, 0.05) is 38.0 Å². The van der Waals surface area contributed by atoms with Crippen LogP contribution in [0.25, 0.3) is 0 Å². The molecule has 2 aliphatic rings. The Bertz CT molecular complexity index is 512. The molecule has 2 heterocycles. The van der Waals surface area contributed by atoms with Gasteiger partial charge in [-0.25, -0.2) is 0 Å². The van der Waals surface area contributed by atoms with Crippen molar-refractivity contribution in [2.75, 3.05) is 32.0 Å². The van der Waals surface area contributed by atoms with E-state index in [0.29, 0.717) is 6.54 Å². The minimum absolute atomic E-state index is 0.111. The Morgan fingerprint density at radius 3 is 3.00 bits per heavy atom. The van der Waals surface area contributed by atoms with Crippen LogP contribution in [0.1, 0.15) is 24.0 Å². The summed E-state index contributed by atoms with van der Waals surface area (Å²) in [7, 11) is 0. The summed E-state index contributed by atoms with van der Waals surface area (Å²) in [4.78, 5) is 14.3. The Balaban J connectivity index is 1.54. The van der Waals surface area contributed by atoms with Crippen LogP contribution in [0.15, 0.2) is 18.2 Å². The van der Waals surface area contributed by atoms with E-state index in [1.54, 1.807) is 0 Å². The van der Waals surface area contributed by atoms with Crippen molar-refractivity contribution in [3.63, 3.8) is 0 Å². The van der Waals surface area contributed by atoms with Gasteiger partial charge >= 0.3 is 0 Å². The van der Waals surface area contributed by atoms with Gasteiger partial charge in [0.05, 0.1) is 6.54 Å². The maximum absolute atomic E-state index is 12.2. The second kappa shape index (κ2) is 6.45. The van der Waals surface area contributed by atoms with Crippen LogP contribution in [0, 0.1) is 0 Å². The summed E-state index contributed by atoms with van der Waals surface area (Å²) in [5.41, 5.74) is 9.38. The molecule has 1 amide bonds. The minimum atomic E-state index is 0.111. The van der Waals surface area contributed by atoms with Gasteiger partial charge in [-0.1, -0.05) is 12.1 Å². The topological polar surface area (TPSA) is 67.6 Å². The van der Waals surface area contributed by atoms with Crippen LogP contribution >= 0.6 is 0 Å². The molecule has 3 N–H and O–H groups in total. The fourth-order valence-electron chi connectivity index (χ4n) is 3.12. The van der Waals surface area contributed by atoms with E-state index in [9.17, 15) is 4.79 Å². The molecule has 0 saturated carbocycles. The zero-order valence-corrected chi connectivity index (χ0v) is 12.3. The van der Waals surface area contributed by atoms with Gasteiger partial charge in [0.25, 0.3) is 0 Å². The van der Waals surface area contributed by atoms with E-state index in [4.69, 9.17) is 10.5 Å². The lowest BCUT2D eigenvalue weighted by Crippen LogP contribution is -2.45. The van der Waals surface area contributed by atoms with Gasteiger partial charge < -0.3 is 15.8 Å². The van der Waals surface area contributed by atoms with Gasteiger partial charge in [0.2, 0.25) is 5.91 Å². The Morgan fingerprint density at radius 1 is 1.38 bits per heavy atom. The molecule has 0 unspecified atom stereocenters. The van der Waals surface area contributed by atoms with E-state index in [1.165, 1.54) is 11.1 Å². The first-order chi connectivity index (χ1) is 10.2. The number of nitrogens with two attached hydrogens (primary N) is 1. The molecule has 0 radical (unpaired) electrons. The van der Waals surface area contributed by atoms with Gasteiger partial charge in [-0.3, -0.25) is 9.69 Å². The molecular formula is C16H23N3O2. The highest BCUT2D eigenvalue weighted by Crippen LogP contribution is 2.23. The van der Waals surface area contributed by atoms with Crippen LogP contribution in [-0.4, -0.2) is 43.2 Å². The lowest BCUT2D eigenvalue weighted by Gasteiger charge is -2.30. The predicted molar refractivity (Wildman–Crippen MR) is 81.8 cm³/mol. The first-order valence-corrected chi connectivity index (χ1v) is 7.68. The Kier molecular flexibility index (Phi) is 4.41. The zero-order chi connectivity index (χ0) is 14.7. The van der Waals surface area contributed by atoms with Gasteiger partial charge in [0.15, 0.2) is 0 Å². The molecule has 2 aliphatic heterocycles. The molecule has 114 valence electrons. The number of hydrogen-bond donors (Lipinski definition) is 2. The lowest BCUT2D eigenvalue weighted by atomic mass is 9.98. The molecule has 0 spiro atoms. The van der Waals surface area contributed by atoms with Crippen LogP contribution in [0.5, 0.6) is 0 Å². The zero-order valence-electron chi connectivity index (χ0n) is 12.3. The Morgan fingerprint density at radius 2 is 2.19 bits per heavy atom. The summed E-state index contributed by atoms with van der Waals surface area (Å²) in [5.74, 6) is 0.111. The highest BCUT2D eigenvalue weighted by atomic mass is 16.5. The number of rotatable bonds is 3. The number of anilines is 1. The fourth-order valence-corrected chi connectivity index (χ4v) is 3.12. The van der Waals surface area contributed by atoms with Gasteiger partial charge in [-0.05, 0) is 36.5 Å². The van der Waals surface area contributed by atoms with Gasteiger partial charge in [-0.2, -0.15) is 0 Å². The van der Waals surface area contributed by atoms with Gasteiger partial charge in [-0.15, -0.1) is 0 Å². The summed E-state index contributed by atoms with van der Waals surface area (Å²) < 4.78 is 5.31. The standard InChI is InChI=1S/C16H23N3O2/c17-15-3-1-2-12-4-7-19(10-14(12)15)11-16(20)18-13-5-8-21-9-6-13/h1-3,13H,4-11,17H2,(H,18,20). The summed E-state index contributed by atoms with van der Waals surface area (Å²) >= 11 is 0. The average molecular weight is 289 g/mol. The second-order valence-corrected chi connectivity index (χ2v) is 5.90. The number of benzene rings is 1. The van der Waals surface area contributed by atoms with E-state index in [2.05, 4.69) is 16.3 Å². The molecule has 1 aromatic rings. The quantitative estimate of drug-likeness (QED) is 0.812. The maximum atomic E-state index is 12.2. The number of carbonyl (C=O) groups is 1. The molecule has 0 bridgehead atoms. The number of nitrogens with zero attached hydrogens (tertiary/aromatic N) is 1. The van der Waals surface area contributed by atoms with Crippen molar-refractivity contribution in [2.24, 2.45) is 0 Å². The second-order valence-electron chi connectivity index (χ2n) is 5.90. The van der Waals surface area contributed by atoms with Crippen molar-refractivity contribution in [1.29, 1.82) is 0 Å². The van der Waals surface area contributed by atoms with Crippen LogP contribution in [0.3, 0.4) is 0 Å². The predicted octanol–water partition coefficient (Wildman–Crippen LogP) is 0.922. The first-order valence-electron chi connectivity index (χ1n) is 7.68. The number of carbonyl (C=O) groups excluding carboxylic acids is 1. The number of nitrogens with one attached hydrogen (secondary N) is 1. The largest absolute Gasteiger partial charge is 0.398 e. The third-order valence-corrected chi connectivity index (χ3v) is 4.34. The smallest absolute Gasteiger partial charge is 0.234 e. The number of nitrogen functional groups attached to an aromatic ring is 1. The summed E-state index contributed by atoms with van der Waals surface area (Å²) in [6, 6.07) is 6.34. The molecule has 5 nitrogen and oxygen atoms in total. The molecule has 1 fully saturated rings. The van der Waals surface area contributed by atoms with Crippen molar-refractivity contribution >= 4 is 11.6 Å². The van der Waals surface area contributed by atoms with E-state index >= 15 is 0 Å². The molecule has 1 saturated heterocycles. The molecule has 1 aromatic carbocycles. The highest BCUT2D eigenvalue weighted by molar-refractivity contribution is 5.78. The van der Waals surface area contributed by atoms with Crippen LogP contribution in [0.4, 0.5) is 5.69 Å². The maximum Gasteiger partial charge on any atom is 0.234 e. The van der Waals surface area contributed by atoms with Crippen LogP contribution < -0.4 is 11.1 Å². The van der Waals surface area contributed by atoms with Gasteiger partial charge in [0.1, 0.15) is 0 Å². The molecular weight excluding hydrogens is 266 g/mol. The van der Waals surface area contributed by atoms with Crippen molar-refractivity contribution in [3.05, 3.63) is 29.3 Å². The number of fused-ring (bicyclic) bond motifs is 1. The average Bonchev–Trinajstić information content (AvgIpc) is 2.49. The third kappa shape index (κ3) is 3.54. The first kappa shape index (κ1) is 14.4.